The van der Waals surface area contributed by atoms with Gasteiger partial charge in [0.25, 0.3) is 0 Å². The van der Waals surface area contributed by atoms with Crippen LogP contribution in [0.25, 0.3) is 0 Å². The molecule has 44 heavy (non-hydrogen) atoms. The lowest BCUT2D eigenvalue weighted by Gasteiger charge is -2.60. The van der Waals surface area contributed by atoms with Crippen molar-refractivity contribution in [1.29, 1.82) is 0 Å². The molecule has 2 N–H and O–H groups in total. The first-order chi connectivity index (χ1) is 21.0. The van der Waals surface area contributed by atoms with Gasteiger partial charge in [0.1, 0.15) is 22.4 Å². The van der Waals surface area contributed by atoms with E-state index in [1.165, 1.54) is 12.2 Å². The molecule has 8 rings (SSSR count). The molecule has 8 saturated carbocycles. The second kappa shape index (κ2) is 12.0. The molecule has 0 aromatic carbocycles. The molecule has 4 atom stereocenters. The van der Waals surface area contributed by atoms with Crippen LogP contribution in [0.1, 0.15) is 103 Å². The van der Waals surface area contributed by atoms with Crippen molar-refractivity contribution in [2.24, 2.45) is 23.7 Å². The molecule has 0 heterocycles. The van der Waals surface area contributed by atoms with Crippen molar-refractivity contribution in [1.82, 2.24) is 10.6 Å². The van der Waals surface area contributed by atoms with E-state index in [0.717, 1.165) is 89.9 Å². The lowest BCUT2D eigenvalue weighted by atomic mass is 9.52. The van der Waals surface area contributed by atoms with Crippen molar-refractivity contribution >= 4 is 24.1 Å². The van der Waals surface area contributed by atoms with Crippen LogP contribution < -0.4 is 10.6 Å². The molecule has 0 saturated heterocycles. The fraction of sp³-hybridized carbons (Fsp3) is 0.765. The Kier molecular flexibility index (Phi) is 8.48. The highest BCUT2D eigenvalue weighted by Gasteiger charge is 2.62. The van der Waals surface area contributed by atoms with Crippen molar-refractivity contribution in [3.8, 4) is 0 Å². The lowest BCUT2D eigenvalue weighted by molar-refractivity contribution is -0.217. The predicted molar refractivity (Wildman–Crippen MR) is 160 cm³/mol. The topological polar surface area (TPSA) is 129 Å². The SMILES string of the molecule is C=CC(=O)OC12CC3CC(C1)CC(OC(=O)NCCCCCCNC(=O)OC14CC5CC(CC(OC(=O)C=C)(C5)C1)C4)(C3)C2. The zero-order valence-electron chi connectivity index (χ0n) is 25.9. The Bertz CT molecular complexity index is 1060. The van der Waals surface area contributed by atoms with Crippen molar-refractivity contribution in [3.63, 3.8) is 0 Å². The van der Waals surface area contributed by atoms with Gasteiger partial charge in [0.15, 0.2) is 0 Å². The van der Waals surface area contributed by atoms with Crippen LogP contribution in [-0.2, 0) is 28.5 Å². The van der Waals surface area contributed by atoms with Crippen LogP contribution in [0.5, 0.6) is 0 Å². The number of nitrogens with one attached hydrogen (secondary N) is 2. The van der Waals surface area contributed by atoms with Crippen molar-refractivity contribution in [2.75, 3.05) is 13.1 Å². The van der Waals surface area contributed by atoms with Crippen LogP contribution >= 0.6 is 0 Å². The largest absolute Gasteiger partial charge is 0.456 e. The van der Waals surface area contributed by atoms with Gasteiger partial charge in [-0.2, -0.15) is 0 Å². The molecule has 0 aromatic heterocycles. The number of esters is 2. The van der Waals surface area contributed by atoms with E-state index in [2.05, 4.69) is 23.8 Å². The van der Waals surface area contributed by atoms with E-state index < -0.39 is 46.5 Å². The summed E-state index contributed by atoms with van der Waals surface area (Å²) in [6.07, 6.45) is 15.2. The van der Waals surface area contributed by atoms with Crippen molar-refractivity contribution in [3.05, 3.63) is 25.3 Å². The van der Waals surface area contributed by atoms with Crippen molar-refractivity contribution < 1.29 is 38.1 Å². The zero-order valence-corrected chi connectivity index (χ0v) is 25.9. The highest BCUT2D eigenvalue weighted by atomic mass is 16.6. The second-order valence-electron chi connectivity index (χ2n) is 15.0. The Balaban J connectivity index is 0.860. The summed E-state index contributed by atoms with van der Waals surface area (Å²) >= 11 is 0. The first-order valence-corrected chi connectivity index (χ1v) is 16.7. The summed E-state index contributed by atoms with van der Waals surface area (Å²) in [5.74, 6) is 0.862. The number of unbranched alkanes of at least 4 members (excludes halogenated alkanes) is 3. The number of rotatable bonds is 13. The maximum Gasteiger partial charge on any atom is 0.407 e. The van der Waals surface area contributed by atoms with E-state index in [-0.39, 0.29) is 0 Å². The number of hydrogen-bond acceptors (Lipinski definition) is 8. The fourth-order valence-corrected chi connectivity index (χ4v) is 10.6. The van der Waals surface area contributed by atoms with Gasteiger partial charge in [-0.05, 0) is 101 Å². The van der Waals surface area contributed by atoms with Crippen molar-refractivity contribution in [2.45, 2.75) is 125 Å². The third-order valence-electron chi connectivity index (χ3n) is 11.1. The zero-order chi connectivity index (χ0) is 31.0. The lowest BCUT2D eigenvalue weighted by Crippen LogP contribution is -2.62. The van der Waals surface area contributed by atoms with Gasteiger partial charge in [0.05, 0.1) is 0 Å². The van der Waals surface area contributed by atoms with Crippen LogP contribution in [0, 0.1) is 23.7 Å². The summed E-state index contributed by atoms with van der Waals surface area (Å²) in [4.78, 5) is 49.4. The average molecular weight is 613 g/mol. The smallest absolute Gasteiger partial charge is 0.407 e. The third kappa shape index (κ3) is 6.64. The predicted octanol–water partition coefficient (Wildman–Crippen LogP) is 5.64. The summed E-state index contributed by atoms with van der Waals surface area (Å²) in [6.45, 7) is 8.12. The molecule has 8 aliphatic carbocycles. The molecule has 0 radical (unpaired) electrons. The van der Waals surface area contributed by atoms with Crippen LogP contribution in [0.2, 0.25) is 0 Å². The summed E-state index contributed by atoms with van der Waals surface area (Å²) in [5, 5.41) is 5.82. The summed E-state index contributed by atoms with van der Waals surface area (Å²) in [5.41, 5.74) is -2.17. The highest BCUT2D eigenvalue weighted by Crippen LogP contribution is 2.61. The Morgan fingerprint density at radius 2 is 0.864 bits per heavy atom. The molecule has 8 fully saturated rings. The fourth-order valence-electron chi connectivity index (χ4n) is 10.6. The van der Waals surface area contributed by atoms with E-state index in [9.17, 15) is 19.2 Å². The van der Waals surface area contributed by atoms with Crippen LogP contribution in [0.3, 0.4) is 0 Å². The number of hydrogen-bond donors (Lipinski definition) is 2. The molecular formula is C34H48N2O8. The molecule has 242 valence electrons. The Labute approximate surface area is 260 Å². The van der Waals surface area contributed by atoms with E-state index in [0.29, 0.717) is 49.6 Å². The minimum atomic E-state index is -0.553. The normalized spacial score (nSPS) is 38.8. The van der Waals surface area contributed by atoms with Crippen LogP contribution in [0.15, 0.2) is 25.3 Å². The van der Waals surface area contributed by atoms with E-state index >= 15 is 0 Å². The summed E-state index contributed by atoms with van der Waals surface area (Å²) in [6, 6.07) is 0. The van der Waals surface area contributed by atoms with Gasteiger partial charge in [0.2, 0.25) is 0 Å². The third-order valence-corrected chi connectivity index (χ3v) is 11.1. The van der Waals surface area contributed by atoms with Gasteiger partial charge in [-0.1, -0.05) is 26.0 Å². The molecule has 0 aromatic rings. The number of carbonyl (C=O) groups excluding carboxylic acids is 4. The molecular weight excluding hydrogens is 564 g/mol. The van der Waals surface area contributed by atoms with E-state index in [1.807, 2.05) is 0 Å². The molecule has 10 nitrogen and oxygen atoms in total. The molecule has 0 aliphatic heterocycles. The van der Waals surface area contributed by atoms with Crippen LogP contribution in [-0.4, -0.2) is 59.6 Å². The maximum atomic E-state index is 12.7. The molecule has 2 amide bonds. The standard InChI is InChI=1S/C34H48N2O8/c1-3-27(37)41-31-13-23-11-24(14-31)18-33(17-23,21-31)43-29(39)35-9-7-5-6-8-10-36-30(40)44-34-19-25-12-26(20-34)16-32(15-25,22-34)42-28(38)4-2/h3-4,23-26H,1-2,5-22H2,(H,35,39)(H,36,40). The maximum absolute atomic E-state index is 12.7. The molecule has 4 unspecified atom stereocenters. The highest BCUT2D eigenvalue weighted by molar-refractivity contribution is 5.82. The first-order valence-electron chi connectivity index (χ1n) is 16.7. The van der Waals surface area contributed by atoms with Gasteiger partial charge in [-0.15, -0.1) is 0 Å². The quantitative estimate of drug-likeness (QED) is 0.118. The first kappa shape index (κ1) is 31.0. The van der Waals surface area contributed by atoms with Gasteiger partial charge >= 0.3 is 24.1 Å². The number of amides is 2. The van der Waals surface area contributed by atoms with Gasteiger partial charge < -0.3 is 29.6 Å². The molecule has 0 spiro atoms. The minimum Gasteiger partial charge on any atom is -0.456 e. The van der Waals surface area contributed by atoms with E-state index in [4.69, 9.17) is 18.9 Å². The number of ether oxygens (including phenoxy) is 4. The Morgan fingerprint density at radius 3 is 1.18 bits per heavy atom. The number of carbonyl (C=O) groups is 4. The van der Waals surface area contributed by atoms with E-state index in [1.54, 1.807) is 0 Å². The van der Waals surface area contributed by atoms with Crippen LogP contribution in [0.4, 0.5) is 9.59 Å². The molecule has 10 heteroatoms. The monoisotopic (exact) mass is 612 g/mol. The Morgan fingerprint density at radius 1 is 0.545 bits per heavy atom. The van der Waals surface area contributed by atoms with Gasteiger partial charge in [-0.3, -0.25) is 0 Å². The van der Waals surface area contributed by atoms with Gasteiger partial charge in [0, 0.05) is 38.1 Å². The average Bonchev–Trinajstić information content (AvgIpc) is 2.91. The summed E-state index contributed by atoms with van der Waals surface area (Å²) in [7, 11) is 0. The second-order valence-corrected chi connectivity index (χ2v) is 15.0. The molecule has 8 bridgehead atoms. The molecule has 8 aliphatic rings. The summed E-state index contributed by atoms with van der Waals surface area (Å²) < 4.78 is 23.7. The van der Waals surface area contributed by atoms with Gasteiger partial charge in [-0.25, -0.2) is 19.2 Å². The minimum absolute atomic E-state index is 0.396. The Hall–Kier alpha value is -3.04. The number of alkyl carbamates (subject to hydrolysis) is 2.